The fourth-order valence-corrected chi connectivity index (χ4v) is 12.3. The number of unbranched alkanes of at least 4 members (excludes halogenated alkanes) is 25. The normalized spacial score (nSPS) is 14.6. The van der Waals surface area contributed by atoms with E-state index in [2.05, 4.69) is 174 Å². The number of carbonyl (C=O) groups is 4. The monoisotopic (exact) mass is 1550 g/mol. The molecule has 0 aromatic rings. The van der Waals surface area contributed by atoms with E-state index in [-0.39, 0.29) is 25.7 Å². The summed E-state index contributed by atoms with van der Waals surface area (Å²) in [5, 5.41) is 10.7. The van der Waals surface area contributed by atoms with E-state index < -0.39 is 97.5 Å². The Morgan fingerprint density at radius 3 is 0.806 bits per heavy atom. The molecule has 0 heterocycles. The molecule has 17 nitrogen and oxygen atoms in total. The van der Waals surface area contributed by atoms with Gasteiger partial charge in [0.15, 0.2) is 12.2 Å². The van der Waals surface area contributed by atoms with E-state index in [0.29, 0.717) is 32.1 Å². The molecule has 5 unspecified atom stereocenters. The number of rotatable bonds is 77. The van der Waals surface area contributed by atoms with Crippen LogP contribution in [-0.4, -0.2) is 96.7 Å². The second-order valence-electron chi connectivity index (χ2n) is 27.3. The van der Waals surface area contributed by atoms with Gasteiger partial charge in [-0.15, -0.1) is 0 Å². The lowest BCUT2D eigenvalue weighted by Gasteiger charge is -2.21. The van der Waals surface area contributed by atoms with Crippen molar-refractivity contribution in [2.45, 2.75) is 341 Å². The third-order valence-electron chi connectivity index (χ3n) is 17.0. The summed E-state index contributed by atoms with van der Waals surface area (Å²) in [4.78, 5) is 73.1. The van der Waals surface area contributed by atoms with Crippen molar-refractivity contribution in [1.82, 2.24) is 0 Å². The molecule has 0 bridgehead atoms. The molecule has 0 saturated carbocycles. The number of ether oxygens (including phenoxy) is 4. The van der Waals surface area contributed by atoms with Crippen LogP contribution in [0, 0.1) is 0 Å². The topological polar surface area (TPSA) is 237 Å². The second kappa shape index (κ2) is 79.8. The van der Waals surface area contributed by atoms with Crippen molar-refractivity contribution in [3.63, 3.8) is 0 Å². The molecule has 3 N–H and O–H groups in total. The van der Waals surface area contributed by atoms with Gasteiger partial charge < -0.3 is 33.8 Å². The van der Waals surface area contributed by atoms with Gasteiger partial charge >= 0.3 is 39.5 Å². The minimum absolute atomic E-state index is 0.00869. The molecule has 0 aliphatic heterocycles. The summed E-state index contributed by atoms with van der Waals surface area (Å²) in [6.07, 6.45) is 93.6. The van der Waals surface area contributed by atoms with Crippen LogP contribution >= 0.6 is 15.6 Å². The number of hydrogen-bond acceptors (Lipinski definition) is 15. The van der Waals surface area contributed by atoms with Crippen LogP contribution in [0.5, 0.6) is 0 Å². The average Bonchev–Trinajstić information content (AvgIpc) is 0.916. The Bertz CT molecular complexity index is 2660. The summed E-state index contributed by atoms with van der Waals surface area (Å²) in [5.74, 6) is -2.29. The lowest BCUT2D eigenvalue weighted by Crippen LogP contribution is -2.30. The van der Waals surface area contributed by atoms with Crippen molar-refractivity contribution >= 4 is 39.5 Å². The number of carbonyl (C=O) groups excluding carboxylic acids is 4. The number of esters is 4. The molecule has 0 saturated heterocycles. The van der Waals surface area contributed by atoms with Crippen LogP contribution in [0.1, 0.15) is 323 Å². The third-order valence-corrected chi connectivity index (χ3v) is 18.9. The van der Waals surface area contributed by atoms with E-state index in [1.54, 1.807) is 0 Å². The number of allylic oxidation sites excluding steroid dienone is 26. The molecule has 0 spiro atoms. The van der Waals surface area contributed by atoms with Gasteiger partial charge in [-0.1, -0.05) is 308 Å². The average molecular weight is 1550 g/mol. The van der Waals surface area contributed by atoms with Crippen molar-refractivity contribution in [1.29, 1.82) is 0 Å². The van der Waals surface area contributed by atoms with Gasteiger partial charge in [0.25, 0.3) is 0 Å². The molecule has 0 amide bonds. The minimum atomic E-state index is -5.01. The van der Waals surface area contributed by atoms with E-state index in [4.69, 9.17) is 37.0 Å². The van der Waals surface area contributed by atoms with Crippen LogP contribution in [0.3, 0.4) is 0 Å². The van der Waals surface area contributed by atoms with Gasteiger partial charge in [0.2, 0.25) is 0 Å². The molecule has 0 aromatic carbocycles. The number of aliphatic hydroxyl groups excluding tert-OH is 1. The van der Waals surface area contributed by atoms with Gasteiger partial charge in [-0.3, -0.25) is 37.3 Å². The Morgan fingerprint density at radius 1 is 0.269 bits per heavy atom. The van der Waals surface area contributed by atoms with Crippen molar-refractivity contribution < 1.29 is 80.2 Å². The smallest absolute Gasteiger partial charge is 0.462 e. The number of phosphoric ester groups is 2. The zero-order chi connectivity index (χ0) is 78.9. The van der Waals surface area contributed by atoms with E-state index in [1.165, 1.54) is 70.6 Å². The molecular weight excluding hydrogens is 1400 g/mol. The maximum atomic E-state index is 13.1. The number of phosphoric acid groups is 2. The molecule has 0 aromatic heterocycles. The number of aliphatic hydroxyl groups is 1. The molecule has 0 rings (SSSR count). The van der Waals surface area contributed by atoms with Crippen LogP contribution in [0.15, 0.2) is 158 Å². The van der Waals surface area contributed by atoms with Crippen LogP contribution in [-0.2, 0) is 65.4 Å². The Labute approximate surface area is 655 Å². The molecular formula is C89H148O17P2. The van der Waals surface area contributed by atoms with E-state index in [1.807, 2.05) is 12.2 Å². The van der Waals surface area contributed by atoms with E-state index in [9.17, 15) is 43.2 Å². The highest BCUT2D eigenvalue weighted by atomic mass is 31.2. The van der Waals surface area contributed by atoms with Crippen LogP contribution in [0.4, 0.5) is 0 Å². The summed E-state index contributed by atoms with van der Waals surface area (Å²) in [6, 6.07) is 0. The Kier molecular flexibility index (Phi) is 75.8. The van der Waals surface area contributed by atoms with Crippen molar-refractivity contribution in [2.24, 2.45) is 0 Å². The Balaban J connectivity index is 5.45. The van der Waals surface area contributed by atoms with E-state index in [0.717, 1.165) is 167 Å². The minimum Gasteiger partial charge on any atom is -0.462 e. The van der Waals surface area contributed by atoms with Crippen LogP contribution in [0.25, 0.3) is 0 Å². The quantitative estimate of drug-likeness (QED) is 0.0169. The summed E-state index contributed by atoms with van der Waals surface area (Å²) in [6.45, 7) is 4.52. The van der Waals surface area contributed by atoms with E-state index >= 15 is 0 Å². The molecule has 108 heavy (non-hydrogen) atoms. The maximum absolute atomic E-state index is 13.1. The first-order valence-electron chi connectivity index (χ1n) is 41.7. The first-order valence-corrected chi connectivity index (χ1v) is 44.7. The van der Waals surface area contributed by atoms with Gasteiger partial charge in [0.05, 0.1) is 26.4 Å². The predicted octanol–water partition coefficient (Wildman–Crippen LogP) is 24.8. The van der Waals surface area contributed by atoms with Gasteiger partial charge in [-0.2, -0.15) is 0 Å². The molecule has 0 radical (unpaired) electrons. The Hall–Kier alpha value is -5.32. The lowest BCUT2D eigenvalue weighted by atomic mass is 10.0. The van der Waals surface area contributed by atoms with Crippen LogP contribution < -0.4 is 0 Å². The van der Waals surface area contributed by atoms with Crippen LogP contribution in [0.2, 0.25) is 0 Å². The predicted molar refractivity (Wildman–Crippen MR) is 445 cm³/mol. The van der Waals surface area contributed by atoms with Crippen molar-refractivity contribution in [3.05, 3.63) is 158 Å². The molecule has 0 aliphatic carbocycles. The fourth-order valence-electron chi connectivity index (χ4n) is 10.7. The molecule has 19 heteroatoms. The largest absolute Gasteiger partial charge is 0.472 e. The van der Waals surface area contributed by atoms with Crippen molar-refractivity contribution in [3.8, 4) is 0 Å². The first kappa shape index (κ1) is 103. The van der Waals surface area contributed by atoms with Gasteiger partial charge in [0.1, 0.15) is 19.3 Å². The SMILES string of the molecule is CC/C=C\C/C=C\C/C=C\C/C=C\C/C=C\CCCCCC(=O)OCC(COP(=O)(O)OCC(O)COP(=O)(O)OCC(COC(=O)CCCCCCCC/C=C\C/C=C\C/C=C\CCCCC)OC(=O)CCC/C=C\C/C=C\C/C=C\C/C=C\C/C=C\CC)OC(=O)CCCCCCCCCCCCCCC. The molecule has 5 atom stereocenters. The Morgan fingerprint density at radius 2 is 0.491 bits per heavy atom. The molecule has 0 aliphatic rings. The highest BCUT2D eigenvalue weighted by Crippen LogP contribution is 2.45. The maximum Gasteiger partial charge on any atom is 0.472 e. The highest BCUT2D eigenvalue weighted by molar-refractivity contribution is 7.47. The summed E-state index contributed by atoms with van der Waals surface area (Å²) >= 11 is 0. The number of hydrogen-bond donors (Lipinski definition) is 3. The van der Waals surface area contributed by atoms with Gasteiger partial charge in [-0.05, 0) is 148 Å². The zero-order valence-corrected chi connectivity index (χ0v) is 69.3. The molecule has 0 fully saturated rings. The van der Waals surface area contributed by atoms with Gasteiger partial charge in [0, 0.05) is 25.7 Å². The summed E-state index contributed by atoms with van der Waals surface area (Å²) < 4.78 is 68.6. The summed E-state index contributed by atoms with van der Waals surface area (Å²) in [7, 11) is -10.0. The standard InChI is InChI=1S/C89H148O17P2/c1-5-9-13-17-21-25-29-33-36-39-41-44-46-50-53-57-61-65-69-73-86(91)99-79-84(105-88(93)75-71-67-63-59-55-49-32-28-24-20-16-12-8-4)81-103-107(95,96)101-77-83(90)78-102-108(97,98)104-82-85(106-89(94)76-72-68-64-60-56-52-48-43-38-35-31-27-23-19-15-11-7-3)80-100-87(92)74-70-66-62-58-54-51-47-45-42-40-37-34-30-26-22-18-14-10-6-2/h9,11,13,15,21-23,25-27,33-38,41-42,44-45,48,50,52-53,60,64,83-85,90H,5-8,10,12,14,16-20,24,28-32,39-40,43,46-47,49,51,54-59,61-63,65-82H2,1-4H3,(H,95,96)(H,97,98)/b13-9-,15-11-,25-21-,26-22-,27-23-,36-33-,37-34-,38-35-,44-41-,45-42-,52-48-,53-50-,64-60-. The van der Waals surface area contributed by atoms with Gasteiger partial charge in [-0.25, -0.2) is 9.13 Å². The fraction of sp³-hybridized carbons (Fsp3) is 0.663. The lowest BCUT2D eigenvalue weighted by molar-refractivity contribution is -0.161. The third kappa shape index (κ3) is 78.8. The zero-order valence-electron chi connectivity index (χ0n) is 67.5. The molecule has 616 valence electrons. The first-order chi connectivity index (χ1) is 52.7. The second-order valence-corrected chi connectivity index (χ2v) is 30.2. The summed E-state index contributed by atoms with van der Waals surface area (Å²) in [5.41, 5.74) is 0. The highest BCUT2D eigenvalue weighted by Gasteiger charge is 2.30. The van der Waals surface area contributed by atoms with Crippen molar-refractivity contribution in [2.75, 3.05) is 39.6 Å².